The maximum atomic E-state index is 14.3. The highest BCUT2D eigenvalue weighted by atomic mass is 19.1. The number of nitrogens with two attached hydrogens (primary N) is 1. The van der Waals surface area contributed by atoms with Gasteiger partial charge < -0.3 is 25.1 Å². The van der Waals surface area contributed by atoms with Crippen molar-refractivity contribution in [1.29, 1.82) is 0 Å². The van der Waals surface area contributed by atoms with Crippen molar-refractivity contribution in [3.05, 3.63) is 34.8 Å². The van der Waals surface area contributed by atoms with E-state index in [2.05, 4.69) is 5.32 Å². The number of ether oxygens (including phenoxy) is 1. The van der Waals surface area contributed by atoms with E-state index >= 15 is 0 Å². The predicted molar refractivity (Wildman–Crippen MR) is 109 cm³/mol. The van der Waals surface area contributed by atoms with Gasteiger partial charge in [-0.2, -0.15) is 0 Å². The quantitative estimate of drug-likeness (QED) is 0.577. The van der Waals surface area contributed by atoms with Crippen LogP contribution in [0.4, 0.5) is 19.3 Å². The molecule has 6 nitrogen and oxygen atoms in total. The largest absolute Gasteiger partial charge is 0.492 e. The van der Waals surface area contributed by atoms with Gasteiger partial charge in [0, 0.05) is 23.9 Å². The van der Waals surface area contributed by atoms with Crippen molar-refractivity contribution in [3.8, 4) is 0 Å². The lowest BCUT2D eigenvalue weighted by Gasteiger charge is -2.32. The van der Waals surface area contributed by atoms with Gasteiger partial charge in [-0.15, -0.1) is 0 Å². The Morgan fingerprint density at radius 1 is 1.21 bits per heavy atom. The van der Waals surface area contributed by atoms with E-state index < -0.39 is 41.6 Å². The van der Waals surface area contributed by atoms with E-state index in [1.807, 2.05) is 27.7 Å². The number of amides is 1. The van der Waals surface area contributed by atoms with Crippen molar-refractivity contribution < 1.29 is 27.6 Å². The summed E-state index contributed by atoms with van der Waals surface area (Å²) in [6.45, 7) is 12.7. The van der Waals surface area contributed by atoms with E-state index in [1.165, 1.54) is 6.08 Å². The average molecular weight is 410 g/mol. The first kappa shape index (κ1) is 23.2. The van der Waals surface area contributed by atoms with Gasteiger partial charge in [0.05, 0.1) is 11.2 Å². The van der Waals surface area contributed by atoms with Gasteiger partial charge in [-0.3, -0.25) is 0 Å². The fraction of sp³-hybridized carbons (Fsp3) is 0.550. The number of anilines is 1. The maximum absolute atomic E-state index is 14.3. The number of benzene rings is 1. The summed E-state index contributed by atoms with van der Waals surface area (Å²) in [5.74, 6) is -1.60. The molecule has 0 aliphatic carbocycles. The number of alkyl carbamates (subject to hydrolysis) is 1. The number of hydrogen-bond acceptors (Lipinski definition) is 5. The van der Waals surface area contributed by atoms with E-state index in [-0.39, 0.29) is 17.8 Å². The summed E-state index contributed by atoms with van der Waals surface area (Å²) in [7, 11) is -0.862. The lowest BCUT2D eigenvalue weighted by atomic mass is 9.76. The number of carbonyl (C=O) groups is 1. The summed E-state index contributed by atoms with van der Waals surface area (Å²) in [4.78, 5) is 12.1. The molecule has 3 N–H and O–H groups in total. The Kier molecular flexibility index (Phi) is 6.35. The molecule has 0 radical (unpaired) electrons. The van der Waals surface area contributed by atoms with Crippen molar-refractivity contribution in [1.82, 2.24) is 5.32 Å². The van der Waals surface area contributed by atoms with Crippen LogP contribution in [-0.4, -0.2) is 36.6 Å². The van der Waals surface area contributed by atoms with Crippen LogP contribution in [0.15, 0.2) is 17.6 Å². The first-order valence-electron chi connectivity index (χ1n) is 9.39. The Morgan fingerprint density at radius 3 is 2.24 bits per heavy atom. The number of carbonyl (C=O) groups excluding carboxylic acids is 1. The molecule has 0 aromatic heterocycles. The lowest BCUT2D eigenvalue weighted by molar-refractivity contribution is 0.00578. The van der Waals surface area contributed by atoms with Crippen LogP contribution in [0.3, 0.4) is 0 Å². The van der Waals surface area contributed by atoms with Gasteiger partial charge in [-0.1, -0.05) is 6.08 Å². The molecule has 1 amide bonds. The second-order valence-corrected chi connectivity index (χ2v) is 9.05. The van der Waals surface area contributed by atoms with Crippen LogP contribution in [0.2, 0.25) is 0 Å². The standard InChI is InChI=1S/C20H29BF2N2O4/c1-18(2,3)27-17(26)25-11-12(21-28-19(4,5)20(6,7)29-21)8-14-15(23)9-13(22)10-16(14)24/h8-10H,11,24H2,1-7H3,(H,25,26). The molecule has 1 aromatic rings. The summed E-state index contributed by atoms with van der Waals surface area (Å²) < 4.78 is 45.0. The summed E-state index contributed by atoms with van der Waals surface area (Å²) in [6.07, 6.45) is 0.761. The zero-order valence-electron chi connectivity index (χ0n) is 18.0. The molecule has 1 heterocycles. The Balaban J connectivity index is 2.36. The first-order chi connectivity index (χ1) is 13.1. The molecule has 0 bridgehead atoms. The molecule has 160 valence electrons. The minimum Gasteiger partial charge on any atom is -0.444 e. The number of hydrogen-bond donors (Lipinski definition) is 2. The molecular formula is C20H29BF2N2O4. The molecule has 0 spiro atoms. The molecule has 0 unspecified atom stereocenters. The zero-order chi connectivity index (χ0) is 22.2. The van der Waals surface area contributed by atoms with Crippen LogP contribution in [0.25, 0.3) is 6.08 Å². The van der Waals surface area contributed by atoms with Crippen LogP contribution < -0.4 is 11.1 Å². The molecule has 2 rings (SSSR count). The zero-order valence-corrected chi connectivity index (χ0v) is 18.0. The van der Waals surface area contributed by atoms with Gasteiger partial charge in [-0.25, -0.2) is 13.6 Å². The molecule has 0 atom stereocenters. The third kappa shape index (κ3) is 5.70. The second kappa shape index (κ2) is 7.95. The molecule has 0 saturated carbocycles. The Morgan fingerprint density at radius 2 is 1.76 bits per heavy atom. The van der Waals surface area contributed by atoms with Crippen LogP contribution in [0.1, 0.15) is 54.0 Å². The van der Waals surface area contributed by atoms with E-state index in [0.717, 1.165) is 12.1 Å². The van der Waals surface area contributed by atoms with Gasteiger partial charge in [-0.05, 0) is 60.0 Å². The van der Waals surface area contributed by atoms with Crippen LogP contribution in [0.5, 0.6) is 0 Å². The van der Waals surface area contributed by atoms with Crippen LogP contribution in [0, 0.1) is 11.6 Å². The number of rotatable bonds is 4. The molecule has 1 aromatic carbocycles. The van der Waals surface area contributed by atoms with Crippen molar-refractivity contribution >= 4 is 25.0 Å². The highest BCUT2D eigenvalue weighted by molar-refractivity contribution is 6.56. The Bertz CT molecular complexity index is 780. The topological polar surface area (TPSA) is 82.8 Å². The van der Waals surface area contributed by atoms with E-state index in [0.29, 0.717) is 5.47 Å². The SMILES string of the molecule is CC(C)(C)OC(=O)NCC(=Cc1c(N)cc(F)cc1F)B1OC(C)(C)C(C)(C)O1. The summed E-state index contributed by atoms with van der Waals surface area (Å²) >= 11 is 0. The summed E-state index contributed by atoms with van der Waals surface area (Å²) in [6, 6.07) is 1.77. The van der Waals surface area contributed by atoms with E-state index in [1.54, 1.807) is 20.8 Å². The van der Waals surface area contributed by atoms with Gasteiger partial charge >= 0.3 is 13.2 Å². The predicted octanol–water partition coefficient (Wildman–Crippen LogP) is 4.09. The smallest absolute Gasteiger partial charge is 0.444 e. The Hall–Kier alpha value is -2.13. The monoisotopic (exact) mass is 410 g/mol. The first-order valence-corrected chi connectivity index (χ1v) is 9.39. The van der Waals surface area contributed by atoms with E-state index in [9.17, 15) is 13.6 Å². The molecule has 1 aliphatic rings. The van der Waals surface area contributed by atoms with Crippen LogP contribution >= 0.6 is 0 Å². The van der Waals surface area contributed by atoms with Crippen molar-refractivity contribution in [2.75, 3.05) is 12.3 Å². The minimum atomic E-state index is -0.862. The molecular weight excluding hydrogens is 381 g/mol. The van der Waals surface area contributed by atoms with E-state index in [4.69, 9.17) is 19.8 Å². The third-order valence-corrected chi connectivity index (χ3v) is 4.85. The average Bonchev–Trinajstić information content (AvgIpc) is 2.71. The van der Waals surface area contributed by atoms with Crippen LogP contribution in [-0.2, 0) is 14.0 Å². The molecule has 1 aliphatic heterocycles. The number of halogens is 2. The molecule has 1 fully saturated rings. The minimum absolute atomic E-state index is 0.0119. The number of nitrogens with one attached hydrogen (secondary N) is 1. The normalized spacial score (nSPS) is 18.7. The van der Waals surface area contributed by atoms with Gasteiger partial charge in [0.1, 0.15) is 17.2 Å². The van der Waals surface area contributed by atoms with Crippen molar-refractivity contribution in [2.24, 2.45) is 0 Å². The van der Waals surface area contributed by atoms with Gasteiger partial charge in [0.25, 0.3) is 0 Å². The summed E-state index contributed by atoms with van der Waals surface area (Å²) in [5.41, 5.74) is 4.16. The summed E-state index contributed by atoms with van der Waals surface area (Å²) in [5, 5.41) is 2.61. The highest BCUT2D eigenvalue weighted by Gasteiger charge is 2.52. The lowest BCUT2D eigenvalue weighted by Crippen LogP contribution is -2.41. The Labute approximate surface area is 170 Å². The van der Waals surface area contributed by atoms with Crippen molar-refractivity contribution in [3.63, 3.8) is 0 Å². The second-order valence-electron chi connectivity index (χ2n) is 9.05. The molecule has 9 heteroatoms. The van der Waals surface area contributed by atoms with Gasteiger partial charge in [0.15, 0.2) is 0 Å². The third-order valence-electron chi connectivity index (χ3n) is 4.85. The maximum Gasteiger partial charge on any atom is 0.492 e. The van der Waals surface area contributed by atoms with Crippen molar-refractivity contribution in [2.45, 2.75) is 65.3 Å². The van der Waals surface area contributed by atoms with Gasteiger partial charge in [0.2, 0.25) is 0 Å². The highest BCUT2D eigenvalue weighted by Crippen LogP contribution is 2.39. The number of nitrogen functional groups attached to an aromatic ring is 1. The fourth-order valence-electron chi connectivity index (χ4n) is 2.63. The molecule has 1 saturated heterocycles. The fourth-order valence-corrected chi connectivity index (χ4v) is 2.63. The molecule has 29 heavy (non-hydrogen) atoms.